The third-order valence-electron chi connectivity index (χ3n) is 5.67. The fourth-order valence-corrected chi connectivity index (χ4v) is 3.85. The molecule has 0 atom stereocenters. The summed E-state index contributed by atoms with van der Waals surface area (Å²) in [6.45, 7) is 9.44. The Morgan fingerprint density at radius 3 is 2.34 bits per heavy atom. The topological polar surface area (TPSA) is 75.6 Å². The Kier molecular flexibility index (Phi) is 8.59. The fraction of sp³-hybridized carbons (Fsp3) is 0.520. The second-order valence-corrected chi connectivity index (χ2v) is 8.29. The third-order valence-corrected chi connectivity index (χ3v) is 5.67. The van der Waals surface area contributed by atoms with Crippen LogP contribution in [0.5, 0.6) is 5.75 Å². The molecule has 0 aliphatic carbocycles. The molecule has 0 saturated carbocycles. The lowest BCUT2D eigenvalue weighted by molar-refractivity contribution is -0.131. The highest BCUT2D eigenvalue weighted by Gasteiger charge is 2.22. The van der Waals surface area contributed by atoms with E-state index in [1.807, 2.05) is 36.9 Å². The van der Waals surface area contributed by atoms with Crippen molar-refractivity contribution in [2.24, 2.45) is 0 Å². The van der Waals surface area contributed by atoms with E-state index in [-0.39, 0.29) is 24.5 Å². The van der Waals surface area contributed by atoms with Gasteiger partial charge in [-0.15, -0.1) is 0 Å². The Hall–Kier alpha value is -2.96. The van der Waals surface area contributed by atoms with Crippen molar-refractivity contribution in [3.8, 4) is 5.75 Å². The molecule has 2 aromatic rings. The number of amides is 1. The molecule has 1 aliphatic heterocycles. The van der Waals surface area contributed by atoms with E-state index in [1.165, 1.54) is 0 Å². The number of piperazine rings is 1. The molecule has 0 spiro atoms. The summed E-state index contributed by atoms with van der Waals surface area (Å²) in [6, 6.07) is 9.21. The summed E-state index contributed by atoms with van der Waals surface area (Å²) in [5.74, 6) is 2.47. The van der Waals surface area contributed by atoms with Crippen molar-refractivity contribution < 1.29 is 14.3 Å². The number of ether oxygens (including phenoxy) is 1. The Bertz CT molecular complexity index is 886. The van der Waals surface area contributed by atoms with Crippen molar-refractivity contribution >= 4 is 17.5 Å². The maximum atomic E-state index is 12.6. The zero-order valence-electron chi connectivity index (χ0n) is 19.5. The van der Waals surface area contributed by atoms with Gasteiger partial charge in [0.15, 0.2) is 5.78 Å². The fourth-order valence-electron chi connectivity index (χ4n) is 3.85. The highest BCUT2D eigenvalue weighted by molar-refractivity contribution is 5.98. The molecule has 2 heterocycles. The number of benzene rings is 1. The number of unbranched alkanes of at least 4 members (excludes halogenated alkanes) is 2. The second-order valence-electron chi connectivity index (χ2n) is 8.29. The van der Waals surface area contributed by atoms with E-state index >= 15 is 0 Å². The molecule has 32 heavy (non-hydrogen) atoms. The van der Waals surface area contributed by atoms with Crippen LogP contribution in [-0.2, 0) is 4.79 Å². The molecule has 0 unspecified atom stereocenters. The van der Waals surface area contributed by atoms with E-state index in [4.69, 9.17) is 4.74 Å². The molecule has 7 nitrogen and oxygen atoms in total. The second kappa shape index (κ2) is 11.6. The van der Waals surface area contributed by atoms with Gasteiger partial charge in [-0.25, -0.2) is 9.97 Å². The van der Waals surface area contributed by atoms with Crippen molar-refractivity contribution in [2.75, 3.05) is 37.7 Å². The van der Waals surface area contributed by atoms with Gasteiger partial charge in [-0.2, -0.15) is 0 Å². The van der Waals surface area contributed by atoms with E-state index in [1.54, 1.807) is 12.1 Å². The van der Waals surface area contributed by atoms with Crippen LogP contribution >= 0.6 is 0 Å². The maximum absolute atomic E-state index is 12.6. The van der Waals surface area contributed by atoms with Crippen molar-refractivity contribution in [1.82, 2.24) is 14.9 Å². The van der Waals surface area contributed by atoms with Crippen molar-refractivity contribution in [3.05, 3.63) is 47.4 Å². The molecule has 1 amide bonds. The predicted octanol–water partition coefficient (Wildman–Crippen LogP) is 3.97. The van der Waals surface area contributed by atoms with E-state index in [0.29, 0.717) is 25.3 Å². The number of Topliss-reactive ketones (excluding diaryl/α,β-unsaturated/α-hetero) is 1. The first-order valence-electron chi connectivity index (χ1n) is 11.6. The summed E-state index contributed by atoms with van der Waals surface area (Å²) in [5, 5.41) is 0. The zero-order valence-corrected chi connectivity index (χ0v) is 19.5. The molecule has 7 heteroatoms. The molecule has 1 aromatic heterocycles. The molecule has 1 aromatic carbocycles. The van der Waals surface area contributed by atoms with Crippen LogP contribution in [0.2, 0.25) is 0 Å². The number of nitrogens with zero attached hydrogens (tertiary/aromatic N) is 4. The van der Waals surface area contributed by atoms with Gasteiger partial charge in [0.2, 0.25) is 5.91 Å². The number of aromatic nitrogens is 2. The van der Waals surface area contributed by atoms with Gasteiger partial charge in [0.05, 0.1) is 6.61 Å². The average molecular weight is 439 g/mol. The van der Waals surface area contributed by atoms with Crippen LogP contribution < -0.4 is 9.64 Å². The molecule has 1 fully saturated rings. The minimum absolute atomic E-state index is 0.0125. The Balaban J connectivity index is 1.42. The summed E-state index contributed by atoms with van der Waals surface area (Å²) in [6.07, 6.45) is 3.80. The number of anilines is 1. The molecule has 1 saturated heterocycles. The SMILES string of the molecule is CCCCCOc1ccc(C(=O)CCC(=O)N2CCN(c3cc(C)nc(C)n3)CC2)cc1. The van der Waals surface area contributed by atoms with E-state index in [0.717, 1.165) is 55.4 Å². The highest BCUT2D eigenvalue weighted by Crippen LogP contribution is 2.17. The summed E-state index contributed by atoms with van der Waals surface area (Å²) < 4.78 is 5.69. The summed E-state index contributed by atoms with van der Waals surface area (Å²) in [7, 11) is 0. The lowest BCUT2D eigenvalue weighted by atomic mass is 10.1. The third kappa shape index (κ3) is 6.77. The number of hydrogen-bond donors (Lipinski definition) is 0. The van der Waals surface area contributed by atoms with Crippen LogP contribution in [-0.4, -0.2) is 59.3 Å². The Labute approximate surface area is 190 Å². The minimum atomic E-state index is -0.0125. The monoisotopic (exact) mass is 438 g/mol. The highest BCUT2D eigenvalue weighted by atomic mass is 16.5. The molecule has 3 rings (SSSR count). The quantitative estimate of drug-likeness (QED) is 0.413. The van der Waals surface area contributed by atoms with Gasteiger partial charge in [0.25, 0.3) is 0 Å². The van der Waals surface area contributed by atoms with Gasteiger partial charge in [-0.1, -0.05) is 19.8 Å². The number of rotatable bonds is 10. The number of aryl methyl sites for hydroxylation is 2. The number of ketones is 1. The van der Waals surface area contributed by atoms with Crippen molar-refractivity contribution in [2.45, 2.75) is 52.9 Å². The molecule has 172 valence electrons. The van der Waals surface area contributed by atoms with Crippen LogP contribution in [0.1, 0.15) is 60.9 Å². The minimum Gasteiger partial charge on any atom is -0.494 e. The first-order chi connectivity index (χ1) is 15.5. The number of carbonyl (C=O) groups excluding carboxylic acids is 2. The maximum Gasteiger partial charge on any atom is 0.223 e. The van der Waals surface area contributed by atoms with Crippen molar-refractivity contribution in [3.63, 3.8) is 0 Å². The van der Waals surface area contributed by atoms with E-state index in [2.05, 4.69) is 21.8 Å². The molecular formula is C25H34N4O3. The Morgan fingerprint density at radius 1 is 0.969 bits per heavy atom. The van der Waals surface area contributed by atoms with Gasteiger partial charge >= 0.3 is 0 Å². The van der Waals surface area contributed by atoms with Gasteiger partial charge in [-0.05, 0) is 44.5 Å². The smallest absolute Gasteiger partial charge is 0.223 e. The number of carbonyl (C=O) groups is 2. The van der Waals surface area contributed by atoms with Gasteiger partial charge in [0, 0.05) is 56.3 Å². The van der Waals surface area contributed by atoms with E-state index in [9.17, 15) is 9.59 Å². The molecule has 0 radical (unpaired) electrons. The van der Waals surface area contributed by atoms with Crippen LogP contribution in [0, 0.1) is 13.8 Å². The van der Waals surface area contributed by atoms with Crippen LogP contribution in [0.3, 0.4) is 0 Å². The molecular weight excluding hydrogens is 404 g/mol. The van der Waals surface area contributed by atoms with E-state index < -0.39 is 0 Å². The van der Waals surface area contributed by atoms with Crippen LogP contribution in [0.4, 0.5) is 5.82 Å². The summed E-state index contributed by atoms with van der Waals surface area (Å²) in [5.41, 5.74) is 1.57. The van der Waals surface area contributed by atoms with Gasteiger partial charge < -0.3 is 14.5 Å². The molecule has 1 aliphatic rings. The molecule has 0 bridgehead atoms. The average Bonchev–Trinajstić information content (AvgIpc) is 2.80. The first kappa shape index (κ1) is 23.7. The Morgan fingerprint density at radius 2 is 1.69 bits per heavy atom. The standard InChI is InChI=1S/C25H34N4O3/c1-4-5-6-17-32-22-9-7-21(8-10-22)23(30)11-12-25(31)29-15-13-28(14-16-29)24-18-19(2)26-20(3)27-24/h7-10,18H,4-6,11-17H2,1-3H3. The van der Waals surface area contributed by atoms with Gasteiger partial charge in [-0.3, -0.25) is 9.59 Å². The lowest BCUT2D eigenvalue weighted by Crippen LogP contribution is -2.49. The normalized spacial score (nSPS) is 13.8. The predicted molar refractivity (Wildman–Crippen MR) is 125 cm³/mol. The van der Waals surface area contributed by atoms with Gasteiger partial charge in [0.1, 0.15) is 17.4 Å². The zero-order chi connectivity index (χ0) is 22.9. The molecule has 0 N–H and O–H groups in total. The first-order valence-corrected chi connectivity index (χ1v) is 11.6. The van der Waals surface area contributed by atoms with Crippen LogP contribution in [0.15, 0.2) is 30.3 Å². The van der Waals surface area contributed by atoms with Crippen LogP contribution in [0.25, 0.3) is 0 Å². The lowest BCUT2D eigenvalue weighted by Gasteiger charge is -2.35. The summed E-state index contributed by atoms with van der Waals surface area (Å²) >= 11 is 0. The van der Waals surface area contributed by atoms with Crippen molar-refractivity contribution in [1.29, 1.82) is 0 Å². The summed E-state index contributed by atoms with van der Waals surface area (Å²) in [4.78, 5) is 38.0. The largest absolute Gasteiger partial charge is 0.494 e. The number of hydrogen-bond acceptors (Lipinski definition) is 6.